The molecule has 2 aromatic rings. The Kier molecular flexibility index (Phi) is 7.63. The van der Waals surface area contributed by atoms with Crippen molar-refractivity contribution >= 4 is 27.5 Å². The number of sulfonamides is 1. The highest BCUT2D eigenvalue weighted by molar-refractivity contribution is 7.89. The Hall–Kier alpha value is -1.89. The molecule has 0 fully saturated rings. The third-order valence-corrected chi connectivity index (χ3v) is 5.56. The Morgan fingerprint density at radius 2 is 1.85 bits per heavy atom. The van der Waals surface area contributed by atoms with Crippen LogP contribution in [0.15, 0.2) is 59.5 Å². The molecular formula is C19H23ClN2O3S. The fraction of sp³-hybridized carbons (Fsp3) is 0.316. The zero-order valence-electron chi connectivity index (χ0n) is 14.6. The molecule has 26 heavy (non-hydrogen) atoms. The van der Waals surface area contributed by atoms with Crippen LogP contribution in [0.1, 0.15) is 25.3 Å². The molecule has 0 aliphatic carbocycles. The molecule has 0 bridgehead atoms. The van der Waals surface area contributed by atoms with E-state index in [2.05, 4.69) is 22.2 Å². The molecule has 1 unspecified atom stereocenters. The molecule has 0 aliphatic heterocycles. The topological polar surface area (TPSA) is 75.3 Å². The van der Waals surface area contributed by atoms with E-state index in [1.807, 2.05) is 25.1 Å². The summed E-state index contributed by atoms with van der Waals surface area (Å²) in [6.07, 6.45) is 1.78. The zero-order valence-corrected chi connectivity index (χ0v) is 16.2. The lowest BCUT2D eigenvalue weighted by Gasteiger charge is -2.14. The summed E-state index contributed by atoms with van der Waals surface area (Å²) in [7, 11) is -3.67. The number of carbonyl (C=O) groups excluding carboxylic acids is 1. The number of amides is 1. The van der Waals surface area contributed by atoms with Crippen LogP contribution in [0, 0.1) is 0 Å². The highest BCUT2D eigenvalue weighted by atomic mass is 35.5. The number of halogens is 1. The molecule has 2 N–H and O–H groups in total. The van der Waals surface area contributed by atoms with E-state index >= 15 is 0 Å². The summed E-state index contributed by atoms with van der Waals surface area (Å²) in [5.41, 5.74) is 1.22. The van der Waals surface area contributed by atoms with Crippen LogP contribution in [0.25, 0.3) is 0 Å². The molecule has 0 aliphatic rings. The van der Waals surface area contributed by atoms with Gasteiger partial charge >= 0.3 is 0 Å². The number of rotatable bonds is 9. The van der Waals surface area contributed by atoms with Gasteiger partial charge in [-0.3, -0.25) is 4.79 Å². The Balaban J connectivity index is 1.72. The fourth-order valence-corrected chi connectivity index (χ4v) is 3.80. The van der Waals surface area contributed by atoms with Crippen LogP contribution in [-0.2, 0) is 21.2 Å². The zero-order chi connectivity index (χ0) is 19.0. The van der Waals surface area contributed by atoms with Crippen molar-refractivity contribution in [3.8, 4) is 0 Å². The first-order valence-corrected chi connectivity index (χ1v) is 10.3. The van der Waals surface area contributed by atoms with Gasteiger partial charge in [0.1, 0.15) is 0 Å². The van der Waals surface area contributed by atoms with Crippen LogP contribution in [0.2, 0.25) is 5.02 Å². The van der Waals surface area contributed by atoms with Crippen LogP contribution in [0.5, 0.6) is 0 Å². The number of nitrogens with one attached hydrogen (secondary N) is 2. The standard InChI is InChI=1S/C19H23ClN2O3S/c1-15(10-11-16-6-3-2-4-7-16)22-19(23)12-13-21-26(24,25)18-9-5-8-17(20)14-18/h2-9,14-15,21H,10-13H2,1H3,(H,22,23). The molecule has 0 spiro atoms. The minimum atomic E-state index is -3.67. The molecule has 5 nitrogen and oxygen atoms in total. The lowest BCUT2D eigenvalue weighted by atomic mass is 10.1. The van der Waals surface area contributed by atoms with Gasteiger partial charge in [0.25, 0.3) is 0 Å². The van der Waals surface area contributed by atoms with E-state index in [4.69, 9.17) is 11.6 Å². The van der Waals surface area contributed by atoms with Crippen molar-refractivity contribution in [1.29, 1.82) is 0 Å². The van der Waals surface area contributed by atoms with Gasteiger partial charge in [-0.15, -0.1) is 0 Å². The summed E-state index contributed by atoms with van der Waals surface area (Å²) in [6, 6.07) is 16.1. The SMILES string of the molecule is CC(CCc1ccccc1)NC(=O)CCNS(=O)(=O)c1cccc(Cl)c1. The van der Waals surface area contributed by atoms with Crippen molar-refractivity contribution < 1.29 is 13.2 Å². The Bertz CT molecular complexity index is 826. The Morgan fingerprint density at radius 1 is 1.12 bits per heavy atom. The molecule has 0 heterocycles. The maximum atomic E-state index is 12.1. The molecule has 2 rings (SSSR count). The van der Waals surface area contributed by atoms with Gasteiger partial charge in [0.05, 0.1) is 4.90 Å². The summed E-state index contributed by atoms with van der Waals surface area (Å²) in [4.78, 5) is 12.1. The molecular weight excluding hydrogens is 372 g/mol. The van der Waals surface area contributed by atoms with Gasteiger partial charge in [-0.2, -0.15) is 0 Å². The van der Waals surface area contributed by atoms with Crippen LogP contribution in [0.3, 0.4) is 0 Å². The summed E-state index contributed by atoms with van der Waals surface area (Å²) < 4.78 is 26.7. The van der Waals surface area contributed by atoms with Gasteiger partial charge in [0.15, 0.2) is 0 Å². The smallest absolute Gasteiger partial charge is 0.240 e. The second-order valence-corrected chi connectivity index (χ2v) is 8.30. The van der Waals surface area contributed by atoms with Crippen LogP contribution in [0.4, 0.5) is 0 Å². The first-order valence-electron chi connectivity index (χ1n) is 8.45. The molecule has 1 atom stereocenters. The van der Waals surface area contributed by atoms with Crippen LogP contribution < -0.4 is 10.0 Å². The van der Waals surface area contributed by atoms with E-state index in [1.165, 1.54) is 17.7 Å². The first-order chi connectivity index (χ1) is 12.4. The molecule has 0 saturated carbocycles. The van der Waals surface area contributed by atoms with E-state index in [-0.39, 0.29) is 29.8 Å². The normalized spacial score (nSPS) is 12.5. The molecule has 140 valence electrons. The summed E-state index contributed by atoms with van der Waals surface area (Å²) in [6.45, 7) is 1.98. The van der Waals surface area contributed by atoms with Gasteiger partial charge in [-0.1, -0.05) is 48.0 Å². The van der Waals surface area contributed by atoms with E-state index < -0.39 is 10.0 Å². The van der Waals surface area contributed by atoms with Crippen molar-refractivity contribution in [2.45, 2.75) is 37.1 Å². The third kappa shape index (κ3) is 6.78. The second-order valence-electron chi connectivity index (χ2n) is 6.10. The predicted molar refractivity (Wildman–Crippen MR) is 104 cm³/mol. The number of aryl methyl sites for hydroxylation is 1. The second kappa shape index (κ2) is 9.71. The molecule has 0 aromatic heterocycles. The average molecular weight is 395 g/mol. The van der Waals surface area contributed by atoms with E-state index in [0.29, 0.717) is 5.02 Å². The highest BCUT2D eigenvalue weighted by Gasteiger charge is 2.15. The van der Waals surface area contributed by atoms with Gasteiger partial charge in [-0.05, 0) is 43.5 Å². The number of hydrogen-bond donors (Lipinski definition) is 2. The summed E-state index contributed by atoms with van der Waals surface area (Å²) in [5, 5.41) is 3.24. The lowest BCUT2D eigenvalue weighted by molar-refractivity contribution is -0.121. The minimum Gasteiger partial charge on any atom is -0.354 e. The molecule has 7 heteroatoms. The van der Waals surface area contributed by atoms with Gasteiger partial charge in [0.2, 0.25) is 15.9 Å². The molecule has 0 radical (unpaired) electrons. The number of benzene rings is 2. The molecule has 1 amide bonds. The summed E-state index contributed by atoms with van der Waals surface area (Å²) in [5.74, 6) is -0.181. The van der Waals surface area contributed by atoms with Crippen molar-refractivity contribution in [2.24, 2.45) is 0 Å². The maximum Gasteiger partial charge on any atom is 0.240 e. The number of hydrogen-bond acceptors (Lipinski definition) is 3. The van der Waals surface area contributed by atoms with E-state index in [1.54, 1.807) is 12.1 Å². The van der Waals surface area contributed by atoms with Gasteiger partial charge in [0, 0.05) is 24.0 Å². The average Bonchev–Trinajstić information content (AvgIpc) is 2.60. The molecule has 2 aromatic carbocycles. The Labute approximate surface area is 159 Å². The van der Waals surface area contributed by atoms with Gasteiger partial charge in [-0.25, -0.2) is 13.1 Å². The van der Waals surface area contributed by atoms with E-state index in [0.717, 1.165) is 12.8 Å². The summed E-state index contributed by atoms with van der Waals surface area (Å²) >= 11 is 5.81. The third-order valence-electron chi connectivity index (χ3n) is 3.87. The fourth-order valence-electron chi connectivity index (χ4n) is 2.46. The molecule has 0 saturated heterocycles. The largest absolute Gasteiger partial charge is 0.354 e. The van der Waals surface area contributed by atoms with Crippen molar-refractivity contribution in [3.63, 3.8) is 0 Å². The predicted octanol–water partition coefficient (Wildman–Crippen LogP) is 3.15. The maximum absolute atomic E-state index is 12.1. The quantitative estimate of drug-likeness (QED) is 0.686. The monoisotopic (exact) mass is 394 g/mol. The van der Waals surface area contributed by atoms with Crippen molar-refractivity contribution in [2.75, 3.05) is 6.54 Å². The highest BCUT2D eigenvalue weighted by Crippen LogP contribution is 2.15. The van der Waals surface area contributed by atoms with Gasteiger partial charge < -0.3 is 5.32 Å². The van der Waals surface area contributed by atoms with Crippen molar-refractivity contribution in [3.05, 3.63) is 65.2 Å². The minimum absolute atomic E-state index is 0.0206. The first kappa shape index (κ1) is 20.4. The van der Waals surface area contributed by atoms with Crippen molar-refractivity contribution in [1.82, 2.24) is 10.0 Å². The van der Waals surface area contributed by atoms with Crippen LogP contribution >= 0.6 is 11.6 Å². The Morgan fingerprint density at radius 3 is 2.54 bits per heavy atom. The van der Waals surface area contributed by atoms with E-state index in [9.17, 15) is 13.2 Å². The lowest BCUT2D eigenvalue weighted by Crippen LogP contribution is -2.35. The number of carbonyl (C=O) groups is 1. The van der Waals surface area contributed by atoms with Crippen LogP contribution in [-0.4, -0.2) is 26.9 Å².